The Balaban J connectivity index is 2.24. The van der Waals surface area contributed by atoms with Gasteiger partial charge in [0, 0.05) is 43.4 Å². The van der Waals surface area contributed by atoms with Gasteiger partial charge in [-0.2, -0.15) is 5.26 Å². The molecule has 1 rings (SSSR count). The summed E-state index contributed by atoms with van der Waals surface area (Å²) in [4.78, 5) is 25.8. The molecule has 0 fully saturated rings. The number of hydrogen-bond donors (Lipinski definition) is 1. The first kappa shape index (κ1) is 34.8. The number of likely N-dealkylation sites (N-methyl/N-ethyl adjacent to an activating group) is 1. The van der Waals surface area contributed by atoms with E-state index in [0.717, 1.165) is 43.5 Å². The third-order valence-corrected chi connectivity index (χ3v) is 5.47. The van der Waals surface area contributed by atoms with Gasteiger partial charge in [-0.25, -0.2) is 9.59 Å². The van der Waals surface area contributed by atoms with Crippen molar-refractivity contribution in [3.05, 3.63) is 41.5 Å². The topological polar surface area (TPSA) is 110 Å². The van der Waals surface area contributed by atoms with Gasteiger partial charge in [0.2, 0.25) is 0 Å². The summed E-state index contributed by atoms with van der Waals surface area (Å²) in [5, 5.41) is 11.8. The van der Waals surface area contributed by atoms with Crippen LogP contribution < -0.4 is 10.2 Å². The van der Waals surface area contributed by atoms with Crippen LogP contribution in [0.4, 0.5) is 10.5 Å². The zero-order valence-corrected chi connectivity index (χ0v) is 24.8. The number of carbonyl (C=O) groups excluding carboxylic acids is 2. The molecule has 0 aromatic heterocycles. The fourth-order valence-electron chi connectivity index (χ4n) is 3.12. The van der Waals surface area contributed by atoms with E-state index in [1.165, 1.54) is 6.08 Å². The van der Waals surface area contributed by atoms with Gasteiger partial charge in [0.15, 0.2) is 0 Å². The first-order valence-corrected chi connectivity index (χ1v) is 14.0. The molecule has 1 N–H and O–H groups in total. The van der Waals surface area contributed by atoms with Crippen LogP contribution in [0.5, 0.6) is 0 Å². The minimum atomic E-state index is -0.702. The highest BCUT2D eigenvalue weighted by Gasteiger charge is 2.19. The number of amides is 1. The second-order valence-electron chi connectivity index (χ2n) is 9.80. The maximum Gasteiger partial charge on any atom is 0.407 e. The number of anilines is 1. The van der Waals surface area contributed by atoms with Crippen LogP contribution in [0, 0.1) is 23.2 Å². The number of nitrogens with one attached hydrogen (secondary N) is 1. The van der Waals surface area contributed by atoms with Crippen molar-refractivity contribution in [3.63, 3.8) is 0 Å². The molecular weight excluding hydrogens is 534 g/mol. The average molecular weight is 576 g/mol. The largest absolute Gasteiger partial charge is 0.456 e. The Morgan fingerprint density at radius 2 is 1.68 bits per heavy atom. The standard InChI is InChI=1S/C30H42ClN3O6/c1-30(2,3)40-28(35)26(24-32)11-9-10-25-12-14-27(15-13-25)34(4)18-21-39-29(36)33-17-20-38-23-22-37-19-8-6-5-7-16-31/h11-15H,5-8,16-23H2,1-4H3,(H,33,36)/b26-11+. The van der Waals surface area contributed by atoms with Crippen molar-refractivity contribution in [1.82, 2.24) is 5.32 Å². The maximum atomic E-state index is 12.0. The summed E-state index contributed by atoms with van der Waals surface area (Å²) >= 11 is 5.64. The smallest absolute Gasteiger partial charge is 0.407 e. The number of nitriles is 1. The lowest BCUT2D eigenvalue weighted by atomic mass is 10.1. The molecule has 0 atom stereocenters. The van der Waals surface area contributed by atoms with E-state index in [1.807, 2.05) is 42.3 Å². The monoisotopic (exact) mass is 575 g/mol. The van der Waals surface area contributed by atoms with E-state index in [2.05, 4.69) is 17.2 Å². The molecule has 9 nitrogen and oxygen atoms in total. The van der Waals surface area contributed by atoms with Crippen LogP contribution in [0.1, 0.15) is 52.0 Å². The number of unbranched alkanes of at least 4 members (excludes halogenated alkanes) is 3. The van der Waals surface area contributed by atoms with Crippen molar-refractivity contribution in [2.75, 3.05) is 64.0 Å². The number of rotatable bonds is 17. The minimum absolute atomic E-state index is 0.152. The summed E-state index contributed by atoms with van der Waals surface area (Å²) in [7, 11) is 1.89. The number of halogens is 1. The molecule has 0 bridgehead atoms. The summed E-state index contributed by atoms with van der Waals surface area (Å²) in [6.45, 7) is 8.40. The Labute approximate surface area is 243 Å². The molecule has 0 unspecified atom stereocenters. The zero-order chi connectivity index (χ0) is 29.6. The molecule has 0 spiro atoms. The van der Waals surface area contributed by atoms with Gasteiger partial charge in [-0.1, -0.05) is 24.7 Å². The number of carbonyl (C=O) groups is 2. The van der Waals surface area contributed by atoms with Crippen molar-refractivity contribution in [3.8, 4) is 17.9 Å². The van der Waals surface area contributed by atoms with Crippen LogP contribution in [-0.2, 0) is 23.7 Å². The van der Waals surface area contributed by atoms with Crippen LogP contribution >= 0.6 is 11.6 Å². The number of alkyl halides is 1. The third-order valence-electron chi connectivity index (χ3n) is 5.20. The van der Waals surface area contributed by atoms with Crippen molar-refractivity contribution >= 4 is 29.4 Å². The normalized spacial score (nSPS) is 11.2. The van der Waals surface area contributed by atoms with Crippen molar-refractivity contribution in [2.45, 2.75) is 52.1 Å². The quantitative estimate of drug-likeness (QED) is 0.0703. The van der Waals surface area contributed by atoms with E-state index in [0.29, 0.717) is 38.8 Å². The number of hydrogen-bond acceptors (Lipinski definition) is 8. The summed E-state index contributed by atoms with van der Waals surface area (Å²) in [6.07, 6.45) is 5.10. The van der Waals surface area contributed by atoms with E-state index >= 15 is 0 Å². The third kappa shape index (κ3) is 17.4. The molecule has 0 saturated carbocycles. The minimum Gasteiger partial charge on any atom is -0.456 e. The maximum absolute atomic E-state index is 12.0. The van der Waals surface area contributed by atoms with Gasteiger partial charge in [-0.05, 0) is 57.9 Å². The molecule has 0 aliphatic carbocycles. The summed E-state index contributed by atoms with van der Waals surface area (Å²) in [5.74, 6) is 5.64. The van der Waals surface area contributed by atoms with Gasteiger partial charge >= 0.3 is 12.1 Å². The van der Waals surface area contributed by atoms with E-state index in [9.17, 15) is 14.9 Å². The van der Waals surface area contributed by atoms with Crippen molar-refractivity contribution < 1.29 is 28.5 Å². The Hall–Kier alpha value is -3.24. The molecule has 0 saturated heterocycles. The van der Waals surface area contributed by atoms with E-state index < -0.39 is 17.7 Å². The van der Waals surface area contributed by atoms with Crippen LogP contribution in [0.15, 0.2) is 35.9 Å². The second-order valence-corrected chi connectivity index (χ2v) is 10.2. The predicted molar refractivity (Wildman–Crippen MR) is 156 cm³/mol. The molecule has 40 heavy (non-hydrogen) atoms. The average Bonchev–Trinajstić information content (AvgIpc) is 2.91. The van der Waals surface area contributed by atoms with E-state index in [-0.39, 0.29) is 12.2 Å². The molecule has 0 aliphatic rings. The molecule has 0 radical (unpaired) electrons. The zero-order valence-electron chi connectivity index (χ0n) is 24.1. The van der Waals surface area contributed by atoms with Gasteiger partial charge in [-0.3, -0.25) is 0 Å². The summed E-state index contributed by atoms with van der Waals surface area (Å²) in [5.41, 5.74) is 0.798. The SMILES string of the molecule is CN(CCOC(=O)NCCOCCOCCCCCCCl)c1ccc(C#C/C=C(\C#N)C(=O)OC(C)(C)C)cc1. The van der Waals surface area contributed by atoms with Crippen LogP contribution in [-0.4, -0.2) is 76.7 Å². The number of benzene rings is 1. The van der Waals surface area contributed by atoms with Crippen molar-refractivity contribution in [2.24, 2.45) is 0 Å². The second kappa shape index (κ2) is 20.6. The first-order chi connectivity index (χ1) is 19.2. The molecule has 10 heteroatoms. The van der Waals surface area contributed by atoms with Gasteiger partial charge in [-0.15, -0.1) is 11.6 Å². The Morgan fingerprint density at radius 3 is 2.33 bits per heavy atom. The van der Waals surface area contributed by atoms with Crippen LogP contribution in [0.25, 0.3) is 0 Å². The lowest BCUT2D eigenvalue weighted by molar-refractivity contribution is -0.149. The molecular formula is C30H42ClN3O6. The highest BCUT2D eigenvalue weighted by molar-refractivity contribution is 6.17. The van der Waals surface area contributed by atoms with Gasteiger partial charge < -0.3 is 29.2 Å². The first-order valence-electron chi connectivity index (χ1n) is 13.4. The van der Waals surface area contributed by atoms with Gasteiger partial charge in [0.25, 0.3) is 0 Å². The summed E-state index contributed by atoms with van der Waals surface area (Å²) in [6, 6.07) is 9.24. The highest BCUT2D eigenvalue weighted by atomic mass is 35.5. The fourth-order valence-corrected chi connectivity index (χ4v) is 3.30. The van der Waals surface area contributed by atoms with Gasteiger partial charge in [0.1, 0.15) is 23.9 Å². The van der Waals surface area contributed by atoms with Crippen LogP contribution in [0.2, 0.25) is 0 Å². The van der Waals surface area contributed by atoms with Gasteiger partial charge in [0.05, 0.1) is 26.4 Å². The lowest BCUT2D eigenvalue weighted by Crippen LogP contribution is -2.31. The number of esters is 1. The number of allylic oxidation sites excluding steroid dienone is 1. The summed E-state index contributed by atoms with van der Waals surface area (Å²) < 4.78 is 21.3. The predicted octanol–water partition coefficient (Wildman–Crippen LogP) is 4.82. The molecule has 0 heterocycles. The van der Waals surface area contributed by atoms with E-state index in [4.69, 9.17) is 30.5 Å². The molecule has 0 aliphatic heterocycles. The van der Waals surface area contributed by atoms with Crippen molar-refractivity contribution in [1.29, 1.82) is 5.26 Å². The highest BCUT2D eigenvalue weighted by Crippen LogP contribution is 2.13. The number of nitrogens with zero attached hydrogens (tertiary/aromatic N) is 2. The van der Waals surface area contributed by atoms with E-state index in [1.54, 1.807) is 20.8 Å². The number of alkyl carbamates (subject to hydrolysis) is 1. The molecule has 1 aromatic rings. The molecule has 220 valence electrons. The fraction of sp³-hybridized carbons (Fsp3) is 0.567. The lowest BCUT2D eigenvalue weighted by Gasteiger charge is -2.19. The number of ether oxygens (including phenoxy) is 4. The Bertz CT molecular complexity index is 1020. The Kier molecular flexibility index (Phi) is 17.9. The molecule has 1 aromatic carbocycles. The Morgan fingerprint density at radius 1 is 1.00 bits per heavy atom. The molecule has 1 amide bonds. The van der Waals surface area contributed by atoms with Crippen LogP contribution in [0.3, 0.4) is 0 Å².